The third-order valence-corrected chi connectivity index (χ3v) is 6.22. The first kappa shape index (κ1) is 22.5. The number of nitrogens with zero attached hydrogens (tertiary/aromatic N) is 2. The van der Waals surface area contributed by atoms with Crippen molar-refractivity contribution >= 4 is 11.9 Å². The number of carbonyl (C=O) groups excluding carboxylic acids is 2. The number of nitrogens with one attached hydrogen (secondary N) is 2. The first-order valence-electron chi connectivity index (χ1n) is 11.3. The minimum absolute atomic E-state index is 0.0522. The van der Waals surface area contributed by atoms with Crippen LogP contribution in [0.5, 0.6) is 0 Å². The Bertz CT molecular complexity index is 700. The van der Waals surface area contributed by atoms with Crippen molar-refractivity contribution in [1.82, 2.24) is 20.4 Å². The number of rotatable bonds is 7. The molecule has 3 rings (SSSR count). The fraction of sp³-hybridized carbons (Fsp3) is 0.652. The highest BCUT2D eigenvalue weighted by Gasteiger charge is 2.24. The highest BCUT2D eigenvalue weighted by atomic mass is 19.1. The lowest BCUT2D eigenvalue weighted by Crippen LogP contribution is -2.51. The smallest absolute Gasteiger partial charge is 0.315 e. The SMILES string of the molecule is CCN(Cc1cccc(F)c1)C(=O)CN1CCC(NC(=O)NC2CCCCC2)CC1. The summed E-state index contributed by atoms with van der Waals surface area (Å²) in [4.78, 5) is 28.9. The third kappa shape index (κ3) is 6.97. The van der Waals surface area contributed by atoms with Gasteiger partial charge in [-0.15, -0.1) is 0 Å². The highest BCUT2D eigenvalue weighted by Crippen LogP contribution is 2.17. The van der Waals surface area contributed by atoms with Crippen LogP contribution in [-0.4, -0.2) is 60.0 Å². The summed E-state index contributed by atoms with van der Waals surface area (Å²) in [5.74, 6) is -0.221. The van der Waals surface area contributed by atoms with Crippen LogP contribution in [0.3, 0.4) is 0 Å². The number of likely N-dealkylation sites (N-methyl/N-ethyl adjacent to an activating group) is 1. The van der Waals surface area contributed by atoms with E-state index in [2.05, 4.69) is 15.5 Å². The summed E-state index contributed by atoms with van der Waals surface area (Å²) in [6, 6.07) is 6.83. The van der Waals surface area contributed by atoms with E-state index < -0.39 is 0 Å². The largest absolute Gasteiger partial charge is 0.338 e. The van der Waals surface area contributed by atoms with Crippen LogP contribution in [0.1, 0.15) is 57.4 Å². The molecule has 1 saturated carbocycles. The molecule has 6 nitrogen and oxygen atoms in total. The average molecular weight is 419 g/mol. The number of amides is 3. The molecule has 2 N–H and O–H groups in total. The zero-order chi connectivity index (χ0) is 21.3. The Labute approximate surface area is 179 Å². The maximum Gasteiger partial charge on any atom is 0.315 e. The fourth-order valence-corrected chi connectivity index (χ4v) is 4.42. The highest BCUT2D eigenvalue weighted by molar-refractivity contribution is 5.78. The number of hydrogen-bond donors (Lipinski definition) is 2. The van der Waals surface area contributed by atoms with Gasteiger partial charge in [0.15, 0.2) is 0 Å². The second-order valence-corrected chi connectivity index (χ2v) is 8.54. The minimum atomic E-state index is -0.280. The van der Waals surface area contributed by atoms with E-state index in [0.29, 0.717) is 25.7 Å². The summed E-state index contributed by atoms with van der Waals surface area (Å²) in [6.07, 6.45) is 7.53. The van der Waals surface area contributed by atoms with E-state index in [-0.39, 0.29) is 23.8 Å². The Kier molecular flexibility index (Phi) is 8.49. The lowest BCUT2D eigenvalue weighted by atomic mass is 9.96. The molecular weight excluding hydrogens is 383 g/mol. The number of carbonyl (C=O) groups is 2. The van der Waals surface area contributed by atoms with Gasteiger partial charge in [0.2, 0.25) is 5.91 Å². The molecule has 2 fully saturated rings. The summed E-state index contributed by atoms with van der Waals surface area (Å²) in [6.45, 7) is 4.90. The van der Waals surface area contributed by atoms with Gasteiger partial charge in [0.1, 0.15) is 5.82 Å². The molecule has 1 saturated heterocycles. The van der Waals surface area contributed by atoms with Crippen LogP contribution in [0.4, 0.5) is 9.18 Å². The van der Waals surface area contributed by atoms with Gasteiger partial charge in [-0.2, -0.15) is 0 Å². The van der Waals surface area contributed by atoms with Crippen LogP contribution >= 0.6 is 0 Å². The molecule has 166 valence electrons. The van der Waals surface area contributed by atoms with Crippen molar-refractivity contribution in [2.45, 2.75) is 70.5 Å². The van der Waals surface area contributed by atoms with E-state index in [0.717, 1.165) is 44.3 Å². The van der Waals surface area contributed by atoms with Gasteiger partial charge in [0, 0.05) is 38.3 Å². The Morgan fingerprint density at radius 3 is 2.37 bits per heavy atom. The van der Waals surface area contributed by atoms with Gasteiger partial charge < -0.3 is 15.5 Å². The van der Waals surface area contributed by atoms with Crippen molar-refractivity contribution in [1.29, 1.82) is 0 Å². The number of hydrogen-bond acceptors (Lipinski definition) is 3. The second kappa shape index (κ2) is 11.3. The second-order valence-electron chi connectivity index (χ2n) is 8.54. The van der Waals surface area contributed by atoms with Crippen molar-refractivity contribution < 1.29 is 14.0 Å². The molecule has 0 bridgehead atoms. The molecule has 1 aliphatic heterocycles. The van der Waals surface area contributed by atoms with Crippen LogP contribution in [0.25, 0.3) is 0 Å². The van der Waals surface area contributed by atoms with Crippen LogP contribution in [0.15, 0.2) is 24.3 Å². The Morgan fingerprint density at radius 1 is 1.07 bits per heavy atom. The van der Waals surface area contributed by atoms with E-state index >= 15 is 0 Å². The number of urea groups is 1. The number of halogens is 1. The molecule has 30 heavy (non-hydrogen) atoms. The zero-order valence-corrected chi connectivity index (χ0v) is 18.0. The van der Waals surface area contributed by atoms with Gasteiger partial charge >= 0.3 is 6.03 Å². The van der Waals surface area contributed by atoms with E-state index in [4.69, 9.17) is 0 Å². The summed E-state index contributed by atoms with van der Waals surface area (Å²) in [7, 11) is 0. The minimum Gasteiger partial charge on any atom is -0.338 e. The van der Waals surface area contributed by atoms with Crippen LogP contribution < -0.4 is 10.6 Å². The van der Waals surface area contributed by atoms with Crippen molar-refractivity contribution in [3.8, 4) is 0 Å². The average Bonchev–Trinajstić information content (AvgIpc) is 2.74. The first-order valence-corrected chi connectivity index (χ1v) is 11.3. The quantitative estimate of drug-likeness (QED) is 0.714. The lowest BCUT2D eigenvalue weighted by molar-refractivity contribution is -0.133. The molecule has 0 radical (unpaired) electrons. The number of piperidine rings is 1. The first-order chi connectivity index (χ1) is 14.5. The van der Waals surface area contributed by atoms with E-state index in [1.165, 1.54) is 31.4 Å². The zero-order valence-electron chi connectivity index (χ0n) is 18.0. The number of benzene rings is 1. The Morgan fingerprint density at radius 2 is 1.73 bits per heavy atom. The van der Waals surface area contributed by atoms with Crippen LogP contribution in [0, 0.1) is 5.82 Å². The van der Waals surface area contributed by atoms with Gasteiger partial charge in [-0.3, -0.25) is 9.69 Å². The summed E-state index contributed by atoms with van der Waals surface area (Å²) in [5, 5.41) is 6.21. The van der Waals surface area contributed by atoms with E-state index in [1.54, 1.807) is 11.0 Å². The normalized spacial score (nSPS) is 18.7. The van der Waals surface area contributed by atoms with Crippen molar-refractivity contribution in [2.24, 2.45) is 0 Å². The Balaban J connectivity index is 1.38. The fourth-order valence-electron chi connectivity index (χ4n) is 4.42. The van der Waals surface area contributed by atoms with Gasteiger partial charge in [-0.25, -0.2) is 9.18 Å². The van der Waals surface area contributed by atoms with Gasteiger partial charge in [0.25, 0.3) is 0 Å². The number of likely N-dealkylation sites (tertiary alicyclic amines) is 1. The third-order valence-electron chi connectivity index (χ3n) is 6.22. The monoisotopic (exact) mass is 418 g/mol. The van der Waals surface area contributed by atoms with Crippen LogP contribution in [-0.2, 0) is 11.3 Å². The molecule has 1 aliphatic carbocycles. The summed E-state index contributed by atoms with van der Waals surface area (Å²) in [5.41, 5.74) is 0.803. The van der Waals surface area contributed by atoms with Crippen molar-refractivity contribution in [3.05, 3.63) is 35.6 Å². The summed E-state index contributed by atoms with van der Waals surface area (Å²) < 4.78 is 13.4. The molecule has 3 amide bonds. The topological polar surface area (TPSA) is 64.7 Å². The molecule has 0 spiro atoms. The molecule has 0 aromatic heterocycles. The lowest BCUT2D eigenvalue weighted by Gasteiger charge is -2.33. The molecule has 1 heterocycles. The maximum absolute atomic E-state index is 13.4. The predicted molar refractivity (Wildman–Crippen MR) is 115 cm³/mol. The maximum atomic E-state index is 13.4. The molecule has 1 aromatic rings. The summed E-state index contributed by atoms with van der Waals surface area (Å²) >= 11 is 0. The van der Waals surface area contributed by atoms with Gasteiger partial charge in [-0.1, -0.05) is 31.4 Å². The molecular formula is C23H35FN4O2. The molecule has 2 aliphatic rings. The molecule has 0 unspecified atom stereocenters. The van der Waals surface area contributed by atoms with Crippen molar-refractivity contribution in [2.75, 3.05) is 26.2 Å². The van der Waals surface area contributed by atoms with E-state index in [1.807, 2.05) is 13.0 Å². The predicted octanol–water partition coefficient (Wildman–Crippen LogP) is 3.27. The van der Waals surface area contributed by atoms with Crippen LogP contribution in [0.2, 0.25) is 0 Å². The molecule has 1 aromatic carbocycles. The van der Waals surface area contributed by atoms with Crippen molar-refractivity contribution in [3.63, 3.8) is 0 Å². The Hall–Kier alpha value is -2.15. The molecule has 7 heteroatoms. The van der Waals surface area contributed by atoms with Gasteiger partial charge in [0.05, 0.1) is 6.54 Å². The van der Waals surface area contributed by atoms with Gasteiger partial charge in [-0.05, 0) is 50.3 Å². The van der Waals surface area contributed by atoms with E-state index in [9.17, 15) is 14.0 Å². The molecule has 0 atom stereocenters. The standard InChI is InChI=1S/C23H35FN4O2/c1-2-28(16-18-7-6-8-19(24)15-18)22(29)17-27-13-11-21(12-14-27)26-23(30)25-20-9-4-3-5-10-20/h6-8,15,20-21H,2-5,9-14,16-17H2,1H3,(H2,25,26,30).